The van der Waals surface area contributed by atoms with Crippen molar-refractivity contribution in [3.05, 3.63) is 50.4 Å². The number of benzene rings is 1. The highest BCUT2D eigenvalue weighted by molar-refractivity contribution is 7.73. The van der Waals surface area contributed by atoms with Crippen LogP contribution in [-0.4, -0.2) is 22.3 Å². The minimum absolute atomic E-state index is 0.143. The van der Waals surface area contributed by atoms with Crippen molar-refractivity contribution >= 4 is 29.5 Å². The van der Waals surface area contributed by atoms with E-state index in [0.29, 0.717) is 19.5 Å². The lowest BCUT2D eigenvalue weighted by Crippen LogP contribution is -2.31. The molecule has 2 rings (SSSR count). The SMILES string of the molecule is CCN(Cc1ccccc1)C(=O)Cc1sc(=S)[nH]c1C. The van der Waals surface area contributed by atoms with E-state index in [1.165, 1.54) is 11.3 Å². The Hall–Kier alpha value is -1.46. The Morgan fingerprint density at radius 3 is 2.60 bits per heavy atom. The van der Waals surface area contributed by atoms with Crippen LogP contribution in [0.4, 0.5) is 0 Å². The lowest BCUT2D eigenvalue weighted by atomic mass is 10.2. The highest BCUT2D eigenvalue weighted by Gasteiger charge is 2.15. The maximum absolute atomic E-state index is 12.4. The van der Waals surface area contributed by atoms with Crippen LogP contribution in [-0.2, 0) is 17.8 Å². The Bertz CT molecular complexity index is 631. The van der Waals surface area contributed by atoms with Crippen molar-refractivity contribution < 1.29 is 4.79 Å². The van der Waals surface area contributed by atoms with Crippen molar-refractivity contribution in [3.8, 4) is 0 Å². The number of amides is 1. The van der Waals surface area contributed by atoms with Crippen molar-refractivity contribution in [2.24, 2.45) is 0 Å². The molecule has 0 radical (unpaired) electrons. The van der Waals surface area contributed by atoms with E-state index in [1.807, 2.05) is 49.1 Å². The molecule has 1 amide bonds. The van der Waals surface area contributed by atoms with E-state index < -0.39 is 0 Å². The third-order valence-electron chi connectivity index (χ3n) is 3.19. The number of thiazole rings is 1. The number of carbonyl (C=O) groups is 1. The molecule has 0 bridgehead atoms. The highest BCUT2D eigenvalue weighted by atomic mass is 32.1. The van der Waals surface area contributed by atoms with E-state index in [2.05, 4.69) is 4.98 Å². The molecule has 0 saturated carbocycles. The van der Waals surface area contributed by atoms with Gasteiger partial charge in [-0.1, -0.05) is 30.3 Å². The average Bonchev–Trinajstić information content (AvgIpc) is 2.75. The molecule has 1 heterocycles. The summed E-state index contributed by atoms with van der Waals surface area (Å²) in [6.45, 7) is 5.34. The summed E-state index contributed by atoms with van der Waals surface area (Å²) >= 11 is 6.60. The zero-order valence-corrected chi connectivity index (χ0v) is 13.3. The van der Waals surface area contributed by atoms with Gasteiger partial charge in [-0.25, -0.2) is 0 Å². The van der Waals surface area contributed by atoms with Crippen molar-refractivity contribution in [1.29, 1.82) is 0 Å². The Morgan fingerprint density at radius 2 is 2.05 bits per heavy atom. The first kappa shape index (κ1) is 14.9. The maximum Gasteiger partial charge on any atom is 0.228 e. The van der Waals surface area contributed by atoms with Crippen LogP contribution in [0.25, 0.3) is 0 Å². The van der Waals surface area contributed by atoms with Crippen LogP contribution < -0.4 is 0 Å². The fourth-order valence-electron chi connectivity index (χ4n) is 2.03. The minimum atomic E-state index is 0.143. The van der Waals surface area contributed by atoms with Gasteiger partial charge in [0.2, 0.25) is 5.91 Å². The summed E-state index contributed by atoms with van der Waals surface area (Å²) in [7, 11) is 0. The Balaban J connectivity index is 2.06. The quantitative estimate of drug-likeness (QED) is 0.855. The molecule has 0 unspecified atom stereocenters. The zero-order valence-electron chi connectivity index (χ0n) is 11.7. The van der Waals surface area contributed by atoms with Gasteiger partial charge in [-0.3, -0.25) is 4.79 Å². The molecule has 0 fully saturated rings. The van der Waals surface area contributed by atoms with Gasteiger partial charge in [-0.05, 0) is 31.6 Å². The Labute approximate surface area is 128 Å². The van der Waals surface area contributed by atoms with Crippen molar-refractivity contribution in [2.75, 3.05) is 6.54 Å². The van der Waals surface area contributed by atoms with E-state index >= 15 is 0 Å². The topological polar surface area (TPSA) is 36.1 Å². The molecular formula is C15H18N2OS2. The van der Waals surface area contributed by atoms with Gasteiger partial charge < -0.3 is 9.88 Å². The third kappa shape index (κ3) is 3.77. The smallest absolute Gasteiger partial charge is 0.228 e. The number of H-pyrrole nitrogens is 1. The van der Waals surface area contributed by atoms with Crippen LogP contribution in [0, 0.1) is 10.9 Å². The summed E-state index contributed by atoms with van der Waals surface area (Å²) in [5.41, 5.74) is 2.16. The van der Waals surface area contributed by atoms with Crippen LogP contribution >= 0.6 is 23.6 Å². The summed E-state index contributed by atoms with van der Waals surface area (Å²) in [6, 6.07) is 10.1. The van der Waals surface area contributed by atoms with E-state index in [1.54, 1.807) is 0 Å². The molecule has 0 atom stereocenters. The summed E-state index contributed by atoms with van der Waals surface area (Å²) in [6.07, 6.45) is 0.421. The first-order chi connectivity index (χ1) is 9.60. The molecule has 2 aromatic rings. The second-order valence-electron chi connectivity index (χ2n) is 4.63. The first-order valence-electron chi connectivity index (χ1n) is 6.60. The number of nitrogens with one attached hydrogen (secondary N) is 1. The molecule has 3 nitrogen and oxygen atoms in total. The Kier molecular flexibility index (Phi) is 5.09. The predicted octanol–water partition coefficient (Wildman–Crippen LogP) is 3.71. The Morgan fingerprint density at radius 1 is 1.35 bits per heavy atom. The number of aromatic nitrogens is 1. The highest BCUT2D eigenvalue weighted by Crippen LogP contribution is 2.16. The molecule has 0 aliphatic carbocycles. The third-order valence-corrected chi connectivity index (χ3v) is 4.52. The second-order valence-corrected chi connectivity index (χ2v) is 6.40. The molecule has 1 aromatic carbocycles. The van der Waals surface area contributed by atoms with Crippen LogP contribution in [0.3, 0.4) is 0 Å². The lowest BCUT2D eigenvalue weighted by Gasteiger charge is -2.20. The van der Waals surface area contributed by atoms with Gasteiger partial charge in [0, 0.05) is 23.7 Å². The van der Waals surface area contributed by atoms with Gasteiger partial charge in [-0.2, -0.15) is 0 Å². The largest absolute Gasteiger partial charge is 0.341 e. The number of aromatic amines is 1. The molecule has 106 valence electrons. The summed E-state index contributed by atoms with van der Waals surface area (Å²) in [4.78, 5) is 18.4. The lowest BCUT2D eigenvalue weighted by molar-refractivity contribution is -0.130. The molecule has 0 aliphatic heterocycles. The maximum atomic E-state index is 12.4. The number of likely N-dealkylation sites (N-methyl/N-ethyl adjacent to an activating group) is 1. The summed E-state index contributed by atoms with van der Waals surface area (Å²) in [5.74, 6) is 0.143. The fourth-order valence-corrected chi connectivity index (χ4v) is 3.32. The normalized spacial score (nSPS) is 10.5. The number of rotatable bonds is 5. The molecule has 0 saturated heterocycles. The minimum Gasteiger partial charge on any atom is -0.341 e. The van der Waals surface area contributed by atoms with Gasteiger partial charge in [0.25, 0.3) is 0 Å². The summed E-state index contributed by atoms with van der Waals surface area (Å²) < 4.78 is 0.733. The van der Waals surface area contributed by atoms with Crippen molar-refractivity contribution in [2.45, 2.75) is 26.8 Å². The van der Waals surface area contributed by atoms with E-state index in [-0.39, 0.29) is 5.91 Å². The first-order valence-corrected chi connectivity index (χ1v) is 7.83. The molecule has 5 heteroatoms. The van der Waals surface area contributed by atoms with Gasteiger partial charge in [0.1, 0.15) is 0 Å². The predicted molar refractivity (Wildman–Crippen MR) is 85.5 cm³/mol. The van der Waals surface area contributed by atoms with Crippen LogP contribution in [0.2, 0.25) is 0 Å². The van der Waals surface area contributed by atoms with Crippen LogP contribution in [0.15, 0.2) is 30.3 Å². The number of hydrogen-bond acceptors (Lipinski definition) is 3. The molecule has 1 aromatic heterocycles. The van der Waals surface area contributed by atoms with Crippen molar-refractivity contribution in [3.63, 3.8) is 0 Å². The van der Waals surface area contributed by atoms with E-state index in [4.69, 9.17) is 12.2 Å². The van der Waals surface area contributed by atoms with Gasteiger partial charge in [0.15, 0.2) is 3.95 Å². The number of nitrogens with zero attached hydrogens (tertiary/aromatic N) is 1. The van der Waals surface area contributed by atoms with Crippen molar-refractivity contribution in [1.82, 2.24) is 9.88 Å². The van der Waals surface area contributed by atoms with E-state index in [9.17, 15) is 4.79 Å². The van der Waals surface area contributed by atoms with Gasteiger partial charge in [-0.15, -0.1) is 11.3 Å². The van der Waals surface area contributed by atoms with E-state index in [0.717, 1.165) is 20.1 Å². The number of hydrogen-bond donors (Lipinski definition) is 1. The standard InChI is InChI=1S/C15H18N2OS2/c1-3-17(10-12-7-5-4-6-8-12)14(18)9-13-11(2)16-15(19)20-13/h4-8H,3,9-10H2,1-2H3,(H,16,19). The van der Waals surface area contributed by atoms with Gasteiger partial charge in [0.05, 0.1) is 6.42 Å². The number of carbonyl (C=O) groups excluding carboxylic acids is 1. The monoisotopic (exact) mass is 306 g/mol. The molecule has 0 aliphatic rings. The summed E-state index contributed by atoms with van der Waals surface area (Å²) in [5, 5.41) is 0. The number of aryl methyl sites for hydroxylation is 1. The molecular weight excluding hydrogens is 288 g/mol. The van der Waals surface area contributed by atoms with Crippen LogP contribution in [0.5, 0.6) is 0 Å². The molecule has 0 spiro atoms. The molecule has 20 heavy (non-hydrogen) atoms. The zero-order chi connectivity index (χ0) is 14.5. The second kappa shape index (κ2) is 6.81. The van der Waals surface area contributed by atoms with Gasteiger partial charge >= 0.3 is 0 Å². The molecule has 1 N–H and O–H groups in total. The fraction of sp³-hybridized carbons (Fsp3) is 0.333. The van der Waals surface area contributed by atoms with Crippen LogP contribution in [0.1, 0.15) is 23.1 Å². The average molecular weight is 306 g/mol.